The molecule has 0 radical (unpaired) electrons. The maximum Gasteiger partial charge on any atom is 0.347 e. The number of phenols is 4. The lowest BCUT2D eigenvalue weighted by atomic mass is 10.1. The lowest BCUT2D eigenvalue weighted by molar-refractivity contribution is -0.164. The second-order valence-electron chi connectivity index (χ2n) is 5.79. The summed E-state index contributed by atoms with van der Waals surface area (Å²) in [5.74, 6) is -2.88. The third kappa shape index (κ3) is 5.66. The maximum absolute atomic E-state index is 12.1. The fraction of sp³-hybridized carbons (Fsp3) is 0.200. The van der Waals surface area contributed by atoms with Gasteiger partial charge in [0.2, 0.25) is 6.10 Å². The Bertz CT molecular complexity index is 888. The normalized spacial score (nSPS) is 11.9. The maximum atomic E-state index is 12.1. The number of carbonyl (C=O) groups is 2. The fourth-order valence-electron chi connectivity index (χ4n) is 2.31. The monoisotopic (exact) mass is 388 g/mol. The summed E-state index contributed by atoms with van der Waals surface area (Å²) in [6, 6.07) is 7.97. The molecule has 8 nitrogen and oxygen atoms in total. The van der Waals surface area contributed by atoms with E-state index in [1.54, 1.807) is 6.92 Å². The molecular weight excluding hydrogens is 368 g/mol. The van der Waals surface area contributed by atoms with Crippen molar-refractivity contribution < 1.29 is 39.5 Å². The summed E-state index contributed by atoms with van der Waals surface area (Å²) in [6.45, 7) is 1.71. The zero-order valence-corrected chi connectivity index (χ0v) is 15.0. The van der Waals surface area contributed by atoms with Crippen LogP contribution in [0.4, 0.5) is 0 Å². The fourth-order valence-corrected chi connectivity index (χ4v) is 2.31. The highest BCUT2D eigenvalue weighted by Gasteiger charge is 2.24. The molecule has 1 unspecified atom stereocenters. The van der Waals surface area contributed by atoms with Crippen molar-refractivity contribution in [2.45, 2.75) is 19.4 Å². The van der Waals surface area contributed by atoms with Gasteiger partial charge in [0.15, 0.2) is 23.0 Å². The van der Waals surface area contributed by atoms with Gasteiger partial charge in [-0.05, 0) is 48.4 Å². The van der Waals surface area contributed by atoms with Gasteiger partial charge in [-0.3, -0.25) is 0 Å². The van der Waals surface area contributed by atoms with Gasteiger partial charge >= 0.3 is 11.9 Å². The van der Waals surface area contributed by atoms with Crippen molar-refractivity contribution in [1.82, 2.24) is 0 Å². The van der Waals surface area contributed by atoms with Crippen molar-refractivity contribution in [1.29, 1.82) is 0 Å². The van der Waals surface area contributed by atoms with E-state index in [2.05, 4.69) is 0 Å². The van der Waals surface area contributed by atoms with E-state index in [1.807, 2.05) is 0 Å². The molecule has 28 heavy (non-hydrogen) atoms. The minimum absolute atomic E-state index is 0.0632. The van der Waals surface area contributed by atoms with Crippen LogP contribution in [0, 0.1) is 0 Å². The molecule has 8 heteroatoms. The first-order valence-corrected chi connectivity index (χ1v) is 8.38. The van der Waals surface area contributed by atoms with Gasteiger partial charge in [0, 0.05) is 12.5 Å². The molecule has 0 heterocycles. The Morgan fingerprint density at radius 1 is 0.964 bits per heavy atom. The zero-order chi connectivity index (χ0) is 20.7. The second kappa shape index (κ2) is 9.31. The molecule has 2 rings (SSSR count). The van der Waals surface area contributed by atoms with E-state index < -0.39 is 18.0 Å². The average molecular weight is 388 g/mol. The van der Waals surface area contributed by atoms with E-state index >= 15 is 0 Å². The highest BCUT2D eigenvalue weighted by atomic mass is 16.6. The predicted molar refractivity (Wildman–Crippen MR) is 98.8 cm³/mol. The van der Waals surface area contributed by atoms with Gasteiger partial charge in [-0.2, -0.15) is 0 Å². The number of ether oxygens (including phenoxy) is 2. The third-order valence-corrected chi connectivity index (χ3v) is 3.68. The molecule has 0 aliphatic rings. The Hall–Kier alpha value is -3.68. The smallest absolute Gasteiger partial charge is 0.347 e. The van der Waals surface area contributed by atoms with Gasteiger partial charge in [-0.1, -0.05) is 12.1 Å². The van der Waals surface area contributed by atoms with Crippen molar-refractivity contribution in [2.24, 2.45) is 0 Å². The average Bonchev–Trinajstić information content (AvgIpc) is 2.65. The Balaban J connectivity index is 2.11. The molecule has 0 bridgehead atoms. The van der Waals surface area contributed by atoms with Crippen LogP contribution in [0.15, 0.2) is 42.5 Å². The molecule has 0 fully saturated rings. The summed E-state index contributed by atoms with van der Waals surface area (Å²) >= 11 is 0. The standard InChI is InChI=1S/C20H20O8/c1-2-27-20(26)18(11-13-4-7-15(22)17(24)10-13)28-19(25)8-5-12-3-6-14(21)16(23)9-12/h3-10,18,21-24H,2,11H2,1H3. The Morgan fingerprint density at radius 3 is 2.21 bits per heavy atom. The number of benzene rings is 2. The van der Waals surface area contributed by atoms with E-state index in [-0.39, 0.29) is 36.0 Å². The van der Waals surface area contributed by atoms with Crippen LogP contribution >= 0.6 is 0 Å². The molecule has 1 atom stereocenters. The van der Waals surface area contributed by atoms with Crippen LogP contribution in [0.1, 0.15) is 18.1 Å². The quantitative estimate of drug-likeness (QED) is 0.322. The second-order valence-corrected chi connectivity index (χ2v) is 5.79. The highest BCUT2D eigenvalue weighted by molar-refractivity contribution is 5.89. The van der Waals surface area contributed by atoms with Crippen LogP contribution in [-0.4, -0.2) is 45.1 Å². The largest absolute Gasteiger partial charge is 0.504 e. The van der Waals surface area contributed by atoms with Gasteiger partial charge in [0.05, 0.1) is 6.61 Å². The van der Waals surface area contributed by atoms with Crippen LogP contribution in [-0.2, 0) is 25.5 Å². The third-order valence-electron chi connectivity index (χ3n) is 3.68. The van der Waals surface area contributed by atoms with Gasteiger partial charge in [0.1, 0.15) is 0 Å². The van der Waals surface area contributed by atoms with Crippen LogP contribution < -0.4 is 0 Å². The summed E-state index contributed by atoms with van der Waals surface area (Å²) < 4.78 is 10.1. The Labute approximate surface area is 160 Å². The van der Waals surface area contributed by atoms with Crippen LogP contribution in [0.3, 0.4) is 0 Å². The number of phenolic OH excluding ortho intramolecular Hbond substituents is 4. The van der Waals surface area contributed by atoms with E-state index in [4.69, 9.17) is 9.47 Å². The minimum Gasteiger partial charge on any atom is -0.504 e. The predicted octanol–water partition coefficient (Wildman–Crippen LogP) is 2.24. The highest BCUT2D eigenvalue weighted by Crippen LogP contribution is 2.26. The molecule has 2 aromatic rings. The van der Waals surface area contributed by atoms with Crippen LogP contribution in [0.5, 0.6) is 23.0 Å². The lowest BCUT2D eigenvalue weighted by Crippen LogP contribution is -2.30. The summed E-state index contributed by atoms with van der Waals surface area (Å²) in [4.78, 5) is 24.2. The van der Waals surface area contributed by atoms with E-state index in [1.165, 1.54) is 42.5 Å². The van der Waals surface area contributed by atoms with Gasteiger partial charge in [-0.25, -0.2) is 9.59 Å². The first-order chi connectivity index (χ1) is 13.3. The van der Waals surface area contributed by atoms with E-state index in [0.29, 0.717) is 11.1 Å². The van der Waals surface area contributed by atoms with Crippen molar-refractivity contribution in [3.8, 4) is 23.0 Å². The number of carbonyl (C=O) groups excluding carboxylic acids is 2. The van der Waals surface area contributed by atoms with Crippen LogP contribution in [0.25, 0.3) is 6.08 Å². The van der Waals surface area contributed by atoms with E-state index in [9.17, 15) is 30.0 Å². The molecule has 0 saturated heterocycles. The summed E-state index contributed by atoms with van der Waals surface area (Å²) in [5.41, 5.74) is 0.886. The molecule has 0 spiro atoms. The first-order valence-electron chi connectivity index (χ1n) is 8.38. The van der Waals surface area contributed by atoms with Crippen molar-refractivity contribution in [3.05, 3.63) is 53.6 Å². The molecular formula is C20H20O8. The lowest BCUT2D eigenvalue weighted by Gasteiger charge is -2.16. The Morgan fingerprint density at radius 2 is 1.61 bits per heavy atom. The number of hydrogen-bond acceptors (Lipinski definition) is 8. The number of esters is 2. The van der Waals surface area contributed by atoms with Crippen molar-refractivity contribution >= 4 is 18.0 Å². The molecule has 2 aromatic carbocycles. The SMILES string of the molecule is CCOC(=O)C(Cc1ccc(O)c(O)c1)OC(=O)C=Cc1ccc(O)c(O)c1. The van der Waals surface area contributed by atoms with Crippen LogP contribution in [0.2, 0.25) is 0 Å². The zero-order valence-electron chi connectivity index (χ0n) is 15.0. The topological polar surface area (TPSA) is 134 Å². The minimum atomic E-state index is -1.26. The molecule has 0 aliphatic heterocycles. The van der Waals surface area contributed by atoms with Gasteiger partial charge in [0.25, 0.3) is 0 Å². The van der Waals surface area contributed by atoms with E-state index in [0.717, 1.165) is 6.08 Å². The molecule has 0 aliphatic carbocycles. The number of hydrogen-bond donors (Lipinski definition) is 4. The van der Waals surface area contributed by atoms with Crippen molar-refractivity contribution in [3.63, 3.8) is 0 Å². The summed E-state index contributed by atoms with van der Waals surface area (Å²) in [7, 11) is 0. The molecule has 4 N–H and O–H groups in total. The number of rotatable bonds is 7. The first kappa shape index (κ1) is 20.6. The number of aromatic hydroxyl groups is 4. The Kier molecular flexibility index (Phi) is 6.86. The molecule has 0 aromatic heterocycles. The van der Waals surface area contributed by atoms with Crippen molar-refractivity contribution in [2.75, 3.05) is 6.61 Å². The summed E-state index contributed by atoms with van der Waals surface area (Å²) in [5, 5.41) is 37.7. The molecule has 0 saturated carbocycles. The summed E-state index contributed by atoms with van der Waals surface area (Å²) in [6.07, 6.45) is 1.09. The molecule has 148 valence electrons. The molecule has 0 amide bonds. The van der Waals surface area contributed by atoms with Gasteiger partial charge in [-0.15, -0.1) is 0 Å². The van der Waals surface area contributed by atoms with Gasteiger partial charge < -0.3 is 29.9 Å².